The topological polar surface area (TPSA) is 60.2 Å². The standard InChI is InChI=1S/C11H17N3O/c12-11-7-9(4-5-13-11)14-8-10-3-1-2-6-15-10/h4-5,7,10H,1-3,6,8H2,(H3,12,13,14). The molecule has 0 amide bonds. The third-order valence-electron chi connectivity index (χ3n) is 2.59. The van der Waals surface area contributed by atoms with Crippen LogP contribution in [0.2, 0.25) is 0 Å². The SMILES string of the molecule is Nc1cc(NCC2CCCCO2)ccn1. The Balaban J connectivity index is 1.81. The van der Waals surface area contributed by atoms with Gasteiger partial charge in [0.1, 0.15) is 5.82 Å². The van der Waals surface area contributed by atoms with Crippen LogP contribution in [0.15, 0.2) is 18.3 Å². The van der Waals surface area contributed by atoms with E-state index in [-0.39, 0.29) is 0 Å². The van der Waals surface area contributed by atoms with E-state index in [0.29, 0.717) is 11.9 Å². The number of nitrogen functional groups attached to an aromatic ring is 1. The molecule has 1 fully saturated rings. The Morgan fingerprint density at radius 2 is 2.47 bits per heavy atom. The van der Waals surface area contributed by atoms with Gasteiger partial charge >= 0.3 is 0 Å². The van der Waals surface area contributed by atoms with Gasteiger partial charge in [0.15, 0.2) is 0 Å². The fourth-order valence-corrected chi connectivity index (χ4v) is 1.76. The summed E-state index contributed by atoms with van der Waals surface area (Å²) in [6.07, 6.45) is 5.66. The molecule has 0 spiro atoms. The first-order valence-corrected chi connectivity index (χ1v) is 5.41. The van der Waals surface area contributed by atoms with Crippen molar-refractivity contribution < 1.29 is 4.74 Å². The Bertz CT molecular complexity index is 310. The van der Waals surface area contributed by atoms with Crippen molar-refractivity contribution in [1.29, 1.82) is 0 Å². The van der Waals surface area contributed by atoms with Crippen LogP contribution in [0.1, 0.15) is 19.3 Å². The minimum Gasteiger partial charge on any atom is -0.384 e. The minimum absolute atomic E-state index is 0.341. The van der Waals surface area contributed by atoms with E-state index in [1.54, 1.807) is 6.20 Å². The number of ether oxygens (including phenoxy) is 1. The Hall–Kier alpha value is -1.29. The highest BCUT2D eigenvalue weighted by Crippen LogP contribution is 2.14. The van der Waals surface area contributed by atoms with Gasteiger partial charge in [0.25, 0.3) is 0 Å². The van der Waals surface area contributed by atoms with Crippen molar-refractivity contribution in [2.75, 3.05) is 24.2 Å². The maximum atomic E-state index is 5.62. The molecule has 1 unspecified atom stereocenters. The van der Waals surface area contributed by atoms with Crippen LogP contribution in [-0.4, -0.2) is 24.2 Å². The number of aromatic nitrogens is 1. The normalized spacial score (nSPS) is 21.2. The molecule has 1 atom stereocenters. The van der Waals surface area contributed by atoms with Gasteiger partial charge in [-0.3, -0.25) is 0 Å². The summed E-state index contributed by atoms with van der Waals surface area (Å²) in [5.41, 5.74) is 6.60. The predicted molar refractivity (Wildman–Crippen MR) is 60.7 cm³/mol. The van der Waals surface area contributed by atoms with Crippen LogP contribution in [0.5, 0.6) is 0 Å². The van der Waals surface area contributed by atoms with Crippen LogP contribution in [-0.2, 0) is 4.74 Å². The van der Waals surface area contributed by atoms with E-state index >= 15 is 0 Å². The van der Waals surface area contributed by atoms with Gasteiger partial charge in [0.05, 0.1) is 6.10 Å². The molecule has 0 aromatic carbocycles. The smallest absolute Gasteiger partial charge is 0.125 e. The van der Waals surface area contributed by atoms with Crippen molar-refractivity contribution in [3.05, 3.63) is 18.3 Å². The van der Waals surface area contributed by atoms with E-state index < -0.39 is 0 Å². The molecule has 0 radical (unpaired) electrons. The highest BCUT2D eigenvalue weighted by atomic mass is 16.5. The van der Waals surface area contributed by atoms with Crippen LogP contribution in [0.4, 0.5) is 11.5 Å². The van der Waals surface area contributed by atoms with Crippen LogP contribution >= 0.6 is 0 Å². The second kappa shape index (κ2) is 4.98. The van der Waals surface area contributed by atoms with Gasteiger partial charge in [-0.05, 0) is 25.3 Å². The van der Waals surface area contributed by atoms with E-state index in [1.807, 2.05) is 12.1 Å². The van der Waals surface area contributed by atoms with Crippen molar-refractivity contribution in [2.45, 2.75) is 25.4 Å². The molecule has 1 aromatic heterocycles. The first kappa shape index (κ1) is 10.2. The Morgan fingerprint density at radius 1 is 1.53 bits per heavy atom. The first-order chi connectivity index (χ1) is 7.34. The zero-order chi connectivity index (χ0) is 10.5. The van der Waals surface area contributed by atoms with Crippen LogP contribution in [0, 0.1) is 0 Å². The summed E-state index contributed by atoms with van der Waals surface area (Å²) in [5.74, 6) is 0.546. The fourth-order valence-electron chi connectivity index (χ4n) is 1.76. The van der Waals surface area contributed by atoms with E-state index in [0.717, 1.165) is 25.3 Å². The zero-order valence-corrected chi connectivity index (χ0v) is 8.78. The number of hydrogen-bond acceptors (Lipinski definition) is 4. The molecule has 3 N–H and O–H groups in total. The molecule has 0 aliphatic carbocycles. The highest BCUT2D eigenvalue weighted by molar-refractivity contribution is 5.49. The summed E-state index contributed by atoms with van der Waals surface area (Å²) in [7, 11) is 0. The number of nitrogens with one attached hydrogen (secondary N) is 1. The zero-order valence-electron chi connectivity index (χ0n) is 8.78. The highest BCUT2D eigenvalue weighted by Gasteiger charge is 2.12. The molecule has 0 saturated carbocycles. The van der Waals surface area contributed by atoms with Gasteiger partial charge in [-0.2, -0.15) is 0 Å². The van der Waals surface area contributed by atoms with Crippen molar-refractivity contribution in [3.8, 4) is 0 Å². The number of anilines is 2. The van der Waals surface area contributed by atoms with E-state index in [1.165, 1.54) is 12.8 Å². The largest absolute Gasteiger partial charge is 0.384 e. The molecule has 1 aromatic rings. The lowest BCUT2D eigenvalue weighted by Crippen LogP contribution is -2.26. The maximum absolute atomic E-state index is 5.62. The van der Waals surface area contributed by atoms with Gasteiger partial charge in [-0.1, -0.05) is 0 Å². The lowest BCUT2D eigenvalue weighted by molar-refractivity contribution is 0.0247. The van der Waals surface area contributed by atoms with E-state index in [4.69, 9.17) is 10.5 Å². The van der Waals surface area contributed by atoms with Crippen LogP contribution in [0.25, 0.3) is 0 Å². The molecule has 1 saturated heterocycles. The summed E-state index contributed by atoms with van der Waals surface area (Å²) in [5, 5.41) is 3.31. The van der Waals surface area contributed by atoms with Crippen molar-refractivity contribution in [3.63, 3.8) is 0 Å². The molecule has 4 heteroatoms. The summed E-state index contributed by atoms with van der Waals surface area (Å²) >= 11 is 0. The molecule has 1 aliphatic heterocycles. The molecular formula is C11H17N3O. The summed E-state index contributed by atoms with van der Waals surface area (Å²) in [6.45, 7) is 1.74. The Labute approximate surface area is 89.8 Å². The molecule has 82 valence electrons. The average Bonchev–Trinajstić information content (AvgIpc) is 2.28. The summed E-state index contributed by atoms with van der Waals surface area (Å²) < 4.78 is 5.62. The monoisotopic (exact) mass is 207 g/mol. The second-order valence-electron chi connectivity index (χ2n) is 3.84. The maximum Gasteiger partial charge on any atom is 0.125 e. The van der Waals surface area contributed by atoms with Crippen LogP contribution in [0.3, 0.4) is 0 Å². The average molecular weight is 207 g/mol. The molecular weight excluding hydrogens is 190 g/mol. The van der Waals surface area contributed by atoms with E-state index in [9.17, 15) is 0 Å². The lowest BCUT2D eigenvalue weighted by atomic mass is 10.1. The van der Waals surface area contributed by atoms with Gasteiger partial charge in [-0.15, -0.1) is 0 Å². The first-order valence-electron chi connectivity index (χ1n) is 5.41. The van der Waals surface area contributed by atoms with Gasteiger partial charge < -0.3 is 15.8 Å². The number of pyridine rings is 1. The molecule has 2 heterocycles. The Kier molecular flexibility index (Phi) is 3.40. The van der Waals surface area contributed by atoms with Gasteiger partial charge in [0.2, 0.25) is 0 Å². The fraction of sp³-hybridized carbons (Fsp3) is 0.545. The van der Waals surface area contributed by atoms with Crippen molar-refractivity contribution in [2.24, 2.45) is 0 Å². The Morgan fingerprint density at radius 3 is 3.20 bits per heavy atom. The molecule has 0 bridgehead atoms. The van der Waals surface area contributed by atoms with Gasteiger partial charge in [-0.25, -0.2) is 4.98 Å². The van der Waals surface area contributed by atoms with Gasteiger partial charge in [0, 0.05) is 31.1 Å². The minimum atomic E-state index is 0.341. The number of hydrogen-bond donors (Lipinski definition) is 2. The predicted octanol–water partition coefficient (Wildman–Crippen LogP) is 1.64. The third-order valence-corrected chi connectivity index (χ3v) is 2.59. The van der Waals surface area contributed by atoms with E-state index in [2.05, 4.69) is 10.3 Å². The van der Waals surface area contributed by atoms with Crippen LogP contribution < -0.4 is 11.1 Å². The second-order valence-corrected chi connectivity index (χ2v) is 3.84. The molecule has 4 nitrogen and oxygen atoms in total. The number of rotatable bonds is 3. The summed E-state index contributed by atoms with van der Waals surface area (Å²) in [4.78, 5) is 3.94. The molecule has 15 heavy (non-hydrogen) atoms. The number of nitrogens with zero attached hydrogens (tertiary/aromatic N) is 1. The van der Waals surface area contributed by atoms with Crippen molar-refractivity contribution in [1.82, 2.24) is 4.98 Å². The lowest BCUT2D eigenvalue weighted by Gasteiger charge is -2.23. The quantitative estimate of drug-likeness (QED) is 0.791. The summed E-state index contributed by atoms with van der Waals surface area (Å²) in [6, 6.07) is 3.75. The molecule has 1 aliphatic rings. The van der Waals surface area contributed by atoms with Crippen molar-refractivity contribution >= 4 is 11.5 Å². The molecule has 2 rings (SSSR count). The number of nitrogens with two attached hydrogens (primary N) is 1. The third kappa shape index (κ3) is 3.09.